The van der Waals surface area contributed by atoms with Crippen molar-refractivity contribution in [2.45, 2.75) is 0 Å². The topological polar surface area (TPSA) is 58.4 Å². The number of aromatic nitrogens is 2. The number of benzene rings is 2. The number of nitrogens with zero attached hydrogens (tertiary/aromatic N) is 4. The summed E-state index contributed by atoms with van der Waals surface area (Å²) in [6.07, 6.45) is 1.61. The number of piperazine rings is 1. The van der Waals surface area contributed by atoms with E-state index in [0.29, 0.717) is 47.5 Å². The van der Waals surface area contributed by atoms with Crippen LogP contribution in [0.1, 0.15) is 9.67 Å². The molecule has 2 aromatic heterocycles. The van der Waals surface area contributed by atoms with Gasteiger partial charge in [0.15, 0.2) is 0 Å². The van der Waals surface area contributed by atoms with Crippen molar-refractivity contribution in [1.29, 1.82) is 0 Å². The number of anilines is 1. The zero-order chi connectivity index (χ0) is 22.2. The fraction of sp³-hybridized carbons (Fsp3) is 0.174. The lowest BCUT2D eigenvalue weighted by atomic mass is 10.2. The Morgan fingerprint density at radius 1 is 0.906 bits per heavy atom. The number of amides is 1. The molecule has 1 aliphatic rings. The Kier molecular flexibility index (Phi) is 5.63. The van der Waals surface area contributed by atoms with E-state index >= 15 is 0 Å². The molecule has 1 fully saturated rings. The summed E-state index contributed by atoms with van der Waals surface area (Å²) < 4.78 is 2.28. The lowest BCUT2D eigenvalue weighted by Gasteiger charge is -2.36. The first-order valence-electron chi connectivity index (χ1n) is 10.1. The van der Waals surface area contributed by atoms with Crippen LogP contribution in [0.15, 0.2) is 65.6 Å². The van der Waals surface area contributed by atoms with Gasteiger partial charge in [-0.2, -0.15) is 9.78 Å². The Labute approximate surface area is 198 Å². The average molecular weight is 485 g/mol. The molecule has 3 heterocycles. The maximum absolute atomic E-state index is 13.1. The Hall–Kier alpha value is -2.87. The third-order valence-electron chi connectivity index (χ3n) is 5.54. The minimum absolute atomic E-state index is 0.0698. The molecule has 1 aliphatic heterocycles. The first-order valence-corrected chi connectivity index (χ1v) is 11.7. The van der Waals surface area contributed by atoms with Gasteiger partial charge < -0.3 is 9.80 Å². The smallest absolute Gasteiger partial charge is 0.292 e. The molecule has 4 aromatic rings. The average Bonchev–Trinajstić information content (AvgIpc) is 3.17. The van der Waals surface area contributed by atoms with E-state index in [1.54, 1.807) is 23.2 Å². The molecule has 0 unspecified atom stereocenters. The van der Waals surface area contributed by atoms with Gasteiger partial charge in [0.1, 0.15) is 9.90 Å². The van der Waals surface area contributed by atoms with Gasteiger partial charge in [-0.3, -0.25) is 9.59 Å². The lowest BCUT2D eigenvalue weighted by Crippen LogP contribution is -2.49. The molecule has 6 nitrogen and oxygen atoms in total. The highest BCUT2D eigenvalue weighted by molar-refractivity contribution is 7.21. The summed E-state index contributed by atoms with van der Waals surface area (Å²) in [6.45, 7) is 2.10. The molecule has 1 saturated heterocycles. The number of hydrogen-bond acceptors (Lipinski definition) is 5. The van der Waals surface area contributed by atoms with Crippen LogP contribution in [0, 0.1) is 0 Å². The first kappa shape index (κ1) is 21.0. The molecule has 0 spiro atoms. The van der Waals surface area contributed by atoms with Crippen molar-refractivity contribution in [1.82, 2.24) is 14.7 Å². The summed E-state index contributed by atoms with van der Waals surface area (Å²) >= 11 is 14.3. The number of para-hydroxylation sites is 1. The minimum Gasteiger partial charge on any atom is -0.365 e. The van der Waals surface area contributed by atoms with Gasteiger partial charge in [0.05, 0.1) is 22.6 Å². The van der Waals surface area contributed by atoms with Gasteiger partial charge >= 0.3 is 0 Å². The normalized spacial score (nSPS) is 14.2. The predicted molar refractivity (Wildman–Crippen MR) is 130 cm³/mol. The van der Waals surface area contributed by atoms with Crippen molar-refractivity contribution in [3.8, 4) is 5.69 Å². The molecular formula is C23H18Cl2N4O2S. The van der Waals surface area contributed by atoms with Crippen LogP contribution in [-0.4, -0.2) is 46.8 Å². The number of halogens is 2. The first-order chi connectivity index (χ1) is 15.5. The number of carbonyl (C=O) groups excluding carboxylic acids is 1. The van der Waals surface area contributed by atoms with Crippen LogP contribution < -0.4 is 10.5 Å². The Morgan fingerprint density at radius 3 is 2.31 bits per heavy atom. The molecule has 0 aliphatic carbocycles. The molecule has 2 aromatic carbocycles. The molecule has 32 heavy (non-hydrogen) atoms. The monoisotopic (exact) mass is 484 g/mol. The number of hydrogen-bond donors (Lipinski definition) is 0. The fourth-order valence-corrected chi connectivity index (χ4v) is 5.57. The van der Waals surface area contributed by atoms with Crippen LogP contribution in [0.2, 0.25) is 10.0 Å². The van der Waals surface area contributed by atoms with Crippen LogP contribution >= 0.6 is 34.5 Å². The number of rotatable bonds is 3. The van der Waals surface area contributed by atoms with Crippen LogP contribution in [0.25, 0.3) is 15.8 Å². The minimum atomic E-state index is -0.370. The lowest BCUT2D eigenvalue weighted by molar-refractivity contribution is 0.0752. The second kappa shape index (κ2) is 8.58. The molecule has 162 valence electrons. The Morgan fingerprint density at radius 2 is 1.59 bits per heavy atom. The summed E-state index contributed by atoms with van der Waals surface area (Å²) in [5, 5.41) is 5.84. The van der Waals surface area contributed by atoms with E-state index in [2.05, 4.69) is 5.10 Å². The van der Waals surface area contributed by atoms with Crippen molar-refractivity contribution in [2.75, 3.05) is 31.1 Å². The molecule has 0 atom stereocenters. The van der Waals surface area contributed by atoms with Crippen molar-refractivity contribution in [3.05, 3.63) is 86.1 Å². The highest BCUT2D eigenvalue weighted by Crippen LogP contribution is 2.36. The number of thiophene rings is 1. The van der Waals surface area contributed by atoms with Gasteiger partial charge in [-0.15, -0.1) is 11.3 Å². The van der Waals surface area contributed by atoms with Gasteiger partial charge in [0.25, 0.3) is 11.5 Å². The molecule has 1 amide bonds. The maximum Gasteiger partial charge on any atom is 0.292 e. The van der Waals surface area contributed by atoms with Crippen molar-refractivity contribution in [3.63, 3.8) is 0 Å². The van der Waals surface area contributed by atoms with E-state index < -0.39 is 0 Å². The highest BCUT2D eigenvalue weighted by Gasteiger charge is 2.27. The van der Waals surface area contributed by atoms with Gasteiger partial charge in [-0.1, -0.05) is 59.6 Å². The van der Waals surface area contributed by atoms with Crippen LogP contribution in [-0.2, 0) is 0 Å². The van der Waals surface area contributed by atoms with Crippen LogP contribution in [0.3, 0.4) is 0 Å². The second-order valence-electron chi connectivity index (χ2n) is 7.42. The fourth-order valence-electron chi connectivity index (χ4n) is 3.84. The van der Waals surface area contributed by atoms with E-state index in [1.807, 2.05) is 47.4 Å². The molecule has 5 rings (SSSR count). The summed E-state index contributed by atoms with van der Waals surface area (Å²) in [5.74, 6) is -0.0698. The van der Waals surface area contributed by atoms with E-state index in [0.717, 1.165) is 10.1 Å². The van der Waals surface area contributed by atoms with Gasteiger partial charge in [0.2, 0.25) is 0 Å². The van der Waals surface area contributed by atoms with E-state index in [-0.39, 0.29) is 16.5 Å². The van der Waals surface area contributed by atoms with Crippen molar-refractivity contribution < 1.29 is 4.79 Å². The van der Waals surface area contributed by atoms with Crippen molar-refractivity contribution >= 4 is 56.2 Å². The maximum atomic E-state index is 13.1. The number of carbonyl (C=O) groups is 1. The quantitative estimate of drug-likeness (QED) is 0.422. The third kappa shape index (κ3) is 3.66. The predicted octanol–water partition coefficient (Wildman–Crippen LogP) is 4.72. The summed E-state index contributed by atoms with van der Waals surface area (Å²) in [6, 6.07) is 16.9. The largest absolute Gasteiger partial charge is 0.365 e. The SMILES string of the molecule is O=C(c1sc2ccccc2c1Cl)N1CCN(c2cnn(-c3ccccc3)c(=O)c2Cl)CC1. The molecular weight excluding hydrogens is 467 g/mol. The Balaban J connectivity index is 1.33. The highest BCUT2D eigenvalue weighted by atomic mass is 35.5. The zero-order valence-corrected chi connectivity index (χ0v) is 19.2. The van der Waals surface area contributed by atoms with E-state index in [4.69, 9.17) is 23.2 Å². The van der Waals surface area contributed by atoms with E-state index in [1.165, 1.54) is 16.0 Å². The standard InChI is InChI=1S/C23H18Cl2N4O2S/c24-19-16-8-4-5-9-18(16)32-21(19)23(31)28-12-10-27(11-13-28)17-14-26-29(22(30)20(17)25)15-6-2-1-3-7-15/h1-9,14H,10-13H2. The molecule has 0 bridgehead atoms. The summed E-state index contributed by atoms with van der Waals surface area (Å²) in [7, 11) is 0. The van der Waals surface area contributed by atoms with Crippen LogP contribution in [0.5, 0.6) is 0 Å². The van der Waals surface area contributed by atoms with Gasteiger partial charge in [-0.05, 0) is 18.2 Å². The molecule has 0 N–H and O–H groups in total. The van der Waals surface area contributed by atoms with Crippen LogP contribution in [0.4, 0.5) is 5.69 Å². The van der Waals surface area contributed by atoms with Crippen molar-refractivity contribution in [2.24, 2.45) is 0 Å². The van der Waals surface area contributed by atoms with Gasteiger partial charge in [0, 0.05) is 36.3 Å². The zero-order valence-electron chi connectivity index (χ0n) is 16.9. The number of fused-ring (bicyclic) bond motifs is 1. The molecule has 9 heteroatoms. The third-order valence-corrected chi connectivity index (χ3v) is 7.56. The molecule has 0 radical (unpaired) electrons. The molecule has 0 saturated carbocycles. The summed E-state index contributed by atoms with van der Waals surface area (Å²) in [5.41, 5.74) is 0.864. The Bertz CT molecular complexity index is 1360. The van der Waals surface area contributed by atoms with Gasteiger partial charge in [-0.25, -0.2) is 0 Å². The summed E-state index contributed by atoms with van der Waals surface area (Å²) in [4.78, 5) is 30.2. The second-order valence-corrected chi connectivity index (χ2v) is 9.23. The van der Waals surface area contributed by atoms with E-state index in [9.17, 15) is 9.59 Å².